The van der Waals surface area contributed by atoms with Crippen LogP contribution in [0.25, 0.3) is 0 Å². The summed E-state index contributed by atoms with van der Waals surface area (Å²) in [5.41, 5.74) is 0.198. The molecule has 116 valence electrons. The Morgan fingerprint density at radius 3 is 2.86 bits per heavy atom. The largest absolute Gasteiger partial charge is 0.367 e. The molecule has 4 rings (SSSR count). The maximum atomic E-state index is 14.1. The van der Waals surface area contributed by atoms with Crippen molar-refractivity contribution in [3.05, 3.63) is 47.4 Å². The van der Waals surface area contributed by atoms with Gasteiger partial charge in [0.25, 0.3) is 0 Å². The summed E-state index contributed by atoms with van der Waals surface area (Å²) in [6.07, 6.45) is 1.50. The Hall–Kier alpha value is -1.79. The lowest BCUT2D eigenvalue weighted by molar-refractivity contribution is -0.0264. The molecule has 0 radical (unpaired) electrons. The van der Waals surface area contributed by atoms with Crippen LogP contribution in [0, 0.1) is 5.82 Å². The lowest BCUT2D eigenvalue weighted by Crippen LogP contribution is -2.35. The van der Waals surface area contributed by atoms with Crippen molar-refractivity contribution >= 4 is 0 Å². The fourth-order valence-corrected chi connectivity index (χ4v) is 3.07. The van der Waals surface area contributed by atoms with Gasteiger partial charge in [-0.3, -0.25) is 0 Å². The van der Waals surface area contributed by atoms with E-state index in [4.69, 9.17) is 9.26 Å². The predicted octanol–water partition coefficient (Wildman–Crippen LogP) is 2.29. The predicted molar refractivity (Wildman–Crippen MR) is 76.9 cm³/mol. The van der Waals surface area contributed by atoms with Crippen LogP contribution in [-0.2, 0) is 10.2 Å². The van der Waals surface area contributed by atoms with E-state index >= 15 is 0 Å². The molecule has 2 heterocycles. The number of hydrogen-bond acceptors (Lipinski definition) is 5. The number of likely N-dealkylation sites (N-methyl/N-ethyl adjacent to an activating group) is 1. The van der Waals surface area contributed by atoms with E-state index in [2.05, 4.69) is 15.0 Å². The van der Waals surface area contributed by atoms with Gasteiger partial charge in [0.2, 0.25) is 11.7 Å². The number of morpholine rings is 1. The maximum absolute atomic E-state index is 14.1. The summed E-state index contributed by atoms with van der Waals surface area (Å²) >= 11 is 0. The van der Waals surface area contributed by atoms with Crippen molar-refractivity contribution in [2.45, 2.75) is 24.4 Å². The second kappa shape index (κ2) is 5.14. The van der Waals surface area contributed by atoms with E-state index in [9.17, 15) is 4.39 Å². The van der Waals surface area contributed by atoms with E-state index in [1.54, 1.807) is 12.1 Å². The van der Waals surface area contributed by atoms with Crippen molar-refractivity contribution in [3.63, 3.8) is 0 Å². The Kier molecular flexibility index (Phi) is 3.23. The molecular formula is C16H18FN3O2. The molecule has 22 heavy (non-hydrogen) atoms. The minimum atomic E-state index is -0.447. The lowest BCUT2D eigenvalue weighted by atomic mass is 9.95. The first-order valence-electron chi connectivity index (χ1n) is 7.58. The SMILES string of the molecule is CN1CCOC(c2noc(C3(c4ccccc4F)CC3)n2)C1. The van der Waals surface area contributed by atoms with Crippen molar-refractivity contribution in [1.29, 1.82) is 0 Å². The minimum Gasteiger partial charge on any atom is -0.367 e. The van der Waals surface area contributed by atoms with Crippen LogP contribution >= 0.6 is 0 Å². The Morgan fingerprint density at radius 2 is 2.14 bits per heavy atom. The molecule has 1 atom stereocenters. The third kappa shape index (κ3) is 2.23. The highest BCUT2D eigenvalue weighted by molar-refractivity contribution is 5.39. The molecule has 0 N–H and O–H groups in total. The summed E-state index contributed by atoms with van der Waals surface area (Å²) < 4.78 is 25.3. The third-order valence-corrected chi connectivity index (χ3v) is 4.55. The molecule has 2 fully saturated rings. The Labute approximate surface area is 128 Å². The van der Waals surface area contributed by atoms with Crippen LogP contribution in [0.2, 0.25) is 0 Å². The summed E-state index contributed by atoms with van der Waals surface area (Å²) in [5, 5.41) is 4.08. The highest BCUT2D eigenvalue weighted by atomic mass is 19.1. The zero-order valence-electron chi connectivity index (χ0n) is 12.5. The van der Waals surface area contributed by atoms with Crippen molar-refractivity contribution in [1.82, 2.24) is 15.0 Å². The molecule has 2 aromatic rings. The average molecular weight is 303 g/mol. The van der Waals surface area contributed by atoms with Crippen molar-refractivity contribution < 1.29 is 13.7 Å². The fourth-order valence-electron chi connectivity index (χ4n) is 3.07. The van der Waals surface area contributed by atoms with Gasteiger partial charge in [-0.1, -0.05) is 23.4 Å². The van der Waals surface area contributed by atoms with Gasteiger partial charge in [0.1, 0.15) is 11.9 Å². The molecule has 0 bridgehead atoms. The van der Waals surface area contributed by atoms with Gasteiger partial charge >= 0.3 is 0 Å². The minimum absolute atomic E-state index is 0.173. The number of benzene rings is 1. The van der Waals surface area contributed by atoms with E-state index in [0.717, 1.165) is 25.9 Å². The van der Waals surface area contributed by atoms with Gasteiger partial charge in [0.15, 0.2) is 0 Å². The van der Waals surface area contributed by atoms with Gasteiger partial charge in [-0.05, 0) is 26.0 Å². The summed E-state index contributed by atoms with van der Waals surface area (Å²) in [4.78, 5) is 6.70. The number of rotatable bonds is 3. The Bertz CT molecular complexity index is 684. The van der Waals surface area contributed by atoms with Crippen molar-refractivity contribution in [2.75, 3.05) is 26.7 Å². The number of halogens is 1. The van der Waals surface area contributed by atoms with Crippen LogP contribution in [-0.4, -0.2) is 41.8 Å². The quantitative estimate of drug-likeness (QED) is 0.871. The monoisotopic (exact) mass is 303 g/mol. The van der Waals surface area contributed by atoms with Crippen LogP contribution in [0.15, 0.2) is 28.8 Å². The van der Waals surface area contributed by atoms with Gasteiger partial charge < -0.3 is 14.2 Å². The molecule has 0 spiro atoms. The van der Waals surface area contributed by atoms with E-state index in [-0.39, 0.29) is 11.9 Å². The molecular weight excluding hydrogens is 285 g/mol. The fraction of sp³-hybridized carbons (Fsp3) is 0.500. The highest BCUT2D eigenvalue weighted by Crippen LogP contribution is 2.53. The molecule has 1 aromatic carbocycles. The maximum Gasteiger partial charge on any atom is 0.237 e. The molecule has 0 amide bonds. The topological polar surface area (TPSA) is 51.4 Å². The van der Waals surface area contributed by atoms with Crippen LogP contribution < -0.4 is 0 Å². The van der Waals surface area contributed by atoms with Gasteiger partial charge in [-0.15, -0.1) is 0 Å². The van der Waals surface area contributed by atoms with Gasteiger partial charge in [-0.2, -0.15) is 4.98 Å². The van der Waals surface area contributed by atoms with E-state index in [0.29, 0.717) is 23.9 Å². The zero-order valence-corrected chi connectivity index (χ0v) is 12.5. The number of aromatic nitrogens is 2. The lowest BCUT2D eigenvalue weighted by Gasteiger charge is -2.27. The molecule has 1 aliphatic heterocycles. The van der Waals surface area contributed by atoms with Crippen LogP contribution in [0.3, 0.4) is 0 Å². The van der Waals surface area contributed by atoms with Gasteiger partial charge in [-0.25, -0.2) is 4.39 Å². The van der Waals surface area contributed by atoms with Crippen LogP contribution in [0.5, 0.6) is 0 Å². The first-order chi connectivity index (χ1) is 10.7. The first-order valence-corrected chi connectivity index (χ1v) is 7.58. The molecule has 1 unspecified atom stereocenters. The normalized spacial score (nSPS) is 24.4. The summed E-state index contributed by atoms with van der Waals surface area (Å²) in [6.45, 7) is 2.30. The second-order valence-corrected chi connectivity index (χ2v) is 6.14. The molecule has 6 heteroatoms. The Balaban J connectivity index is 1.63. The number of ether oxygens (including phenoxy) is 1. The molecule has 1 saturated carbocycles. The summed E-state index contributed by atoms with van der Waals surface area (Å²) in [7, 11) is 2.04. The van der Waals surface area contributed by atoms with Crippen LogP contribution in [0.4, 0.5) is 4.39 Å². The highest BCUT2D eigenvalue weighted by Gasteiger charge is 2.52. The van der Waals surface area contributed by atoms with E-state index < -0.39 is 5.41 Å². The van der Waals surface area contributed by atoms with E-state index in [1.807, 2.05) is 13.1 Å². The summed E-state index contributed by atoms with van der Waals surface area (Å²) in [5.74, 6) is 0.849. The summed E-state index contributed by atoms with van der Waals surface area (Å²) in [6, 6.07) is 6.82. The number of hydrogen-bond donors (Lipinski definition) is 0. The van der Waals surface area contributed by atoms with Gasteiger partial charge in [0, 0.05) is 18.7 Å². The standard InChI is InChI=1S/C16H18FN3O2/c1-20-8-9-21-13(10-20)14-18-15(22-19-14)16(6-7-16)11-4-2-3-5-12(11)17/h2-5,13H,6-10H2,1H3. The molecule has 1 aliphatic carbocycles. The third-order valence-electron chi connectivity index (χ3n) is 4.55. The first kappa shape index (κ1) is 13.8. The van der Waals surface area contributed by atoms with Gasteiger partial charge in [0.05, 0.1) is 12.0 Å². The number of nitrogens with zero attached hydrogens (tertiary/aromatic N) is 3. The zero-order chi connectivity index (χ0) is 15.2. The Morgan fingerprint density at radius 1 is 1.32 bits per heavy atom. The molecule has 1 aromatic heterocycles. The van der Waals surface area contributed by atoms with Crippen molar-refractivity contribution in [3.8, 4) is 0 Å². The molecule has 2 aliphatic rings. The second-order valence-electron chi connectivity index (χ2n) is 6.14. The smallest absolute Gasteiger partial charge is 0.237 e. The molecule has 1 saturated heterocycles. The molecule has 5 nitrogen and oxygen atoms in total. The van der Waals surface area contributed by atoms with E-state index in [1.165, 1.54) is 6.07 Å². The van der Waals surface area contributed by atoms with Crippen molar-refractivity contribution in [2.24, 2.45) is 0 Å². The van der Waals surface area contributed by atoms with Crippen LogP contribution in [0.1, 0.15) is 36.2 Å². The average Bonchev–Trinajstić information content (AvgIpc) is 3.17.